The van der Waals surface area contributed by atoms with E-state index < -0.39 is 5.82 Å². The third kappa shape index (κ3) is 6.32. The van der Waals surface area contributed by atoms with Gasteiger partial charge in [0.1, 0.15) is 11.5 Å². The van der Waals surface area contributed by atoms with Crippen LogP contribution in [0.1, 0.15) is 40.6 Å². The Bertz CT molecular complexity index is 1480. The van der Waals surface area contributed by atoms with Gasteiger partial charge in [-0.05, 0) is 98.6 Å². The van der Waals surface area contributed by atoms with Gasteiger partial charge in [0.2, 0.25) is 0 Å². The van der Waals surface area contributed by atoms with E-state index in [4.69, 9.17) is 0 Å². The van der Waals surface area contributed by atoms with Gasteiger partial charge in [-0.1, -0.05) is 0 Å². The Labute approximate surface area is 232 Å². The van der Waals surface area contributed by atoms with Crippen LogP contribution in [0.4, 0.5) is 32.8 Å². The number of aryl methyl sites for hydroxylation is 1. The molecule has 5 rings (SSSR count). The summed E-state index contributed by atoms with van der Waals surface area (Å²) in [6, 6.07) is 22.3. The molecule has 0 atom stereocenters. The number of hydrogen-bond donors (Lipinski definition) is 4. The van der Waals surface area contributed by atoms with Crippen LogP contribution in [-0.4, -0.2) is 40.7 Å². The predicted octanol–water partition coefficient (Wildman–Crippen LogP) is 5.86. The van der Waals surface area contributed by atoms with Crippen molar-refractivity contribution < 1.29 is 19.1 Å². The van der Waals surface area contributed by atoms with Gasteiger partial charge in [0.15, 0.2) is 0 Å². The summed E-state index contributed by atoms with van der Waals surface area (Å²) in [5, 5.41) is 18.3. The van der Waals surface area contributed by atoms with E-state index in [-0.39, 0.29) is 23.6 Å². The van der Waals surface area contributed by atoms with E-state index in [9.17, 15) is 19.1 Å². The summed E-state index contributed by atoms with van der Waals surface area (Å²) in [5.74, 6) is -1.04. The summed E-state index contributed by atoms with van der Waals surface area (Å²) >= 11 is 0. The van der Waals surface area contributed by atoms with Crippen molar-refractivity contribution in [2.24, 2.45) is 0 Å². The fourth-order valence-electron chi connectivity index (χ4n) is 4.73. The van der Waals surface area contributed by atoms with E-state index in [1.54, 1.807) is 54.6 Å². The lowest BCUT2D eigenvalue weighted by atomic mass is 10.1. The number of piperidine rings is 1. The van der Waals surface area contributed by atoms with Crippen LogP contribution in [-0.2, 0) is 6.54 Å². The van der Waals surface area contributed by atoms with E-state index >= 15 is 0 Å². The molecule has 2 heterocycles. The number of rotatable bonds is 8. The molecule has 40 heavy (non-hydrogen) atoms. The molecule has 0 spiro atoms. The van der Waals surface area contributed by atoms with Gasteiger partial charge in [-0.25, -0.2) is 4.39 Å². The highest BCUT2D eigenvalue weighted by molar-refractivity contribution is 6.04. The van der Waals surface area contributed by atoms with Gasteiger partial charge < -0.3 is 30.5 Å². The van der Waals surface area contributed by atoms with Crippen molar-refractivity contribution in [2.45, 2.75) is 32.4 Å². The number of carbonyl (C=O) groups excluding carboxylic acids is 2. The number of aromatic nitrogens is 1. The molecule has 4 aromatic rings. The predicted molar refractivity (Wildman–Crippen MR) is 156 cm³/mol. The summed E-state index contributed by atoms with van der Waals surface area (Å²) < 4.78 is 16.7. The molecule has 9 heteroatoms. The molecule has 4 N–H and O–H groups in total. The zero-order valence-corrected chi connectivity index (χ0v) is 22.2. The minimum Gasteiger partial charge on any atom is -0.393 e. The Kier molecular flexibility index (Phi) is 8.12. The highest BCUT2D eigenvalue weighted by atomic mass is 19.1. The van der Waals surface area contributed by atoms with E-state index in [2.05, 4.69) is 20.9 Å². The van der Waals surface area contributed by atoms with Crippen LogP contribution in [0.15, 0.2) is 85.1 Å². The monoisotopic (exact) mass is 541 g/mol. The number of hydrogen-bond acceptors (Lipinski definition) is 5. The summed E-state index contributed by atoms with van der Waals surface area (Å²) in [5.41, 5.74) is 3.93. The standard InChI is InChI=1S/C31H32FN5O3/c1-2-36-17-3-4-29(36)31(40)34-23-9-7-22(8-10-23)33-28-14-11-24(20-27(28)32)35-30(39)21-5-12-25(13-6-21)37-18-15-26(38)16-19-37/h3-14,17,20,26,33,38H,2,15-16,18-19H2,1H3,(H,34,40)(H,35,39). The Morgan fingerprint density at radius 1 is 0.875 bits per heavy atom. The third-order valence-corrected chi connectivity index (χ3v) is 7.01. The number of aliphatic hydroxyl groups excluding tert-OH is 1. The Hall–Kier alpha value is -4.63. The topological polar surface area (TPSA) is 98.6 Å². The third-order valence-electron chi connectivity index (χ3n) is 7.01. The van der Waals surface area contributed by atoms with Crippen LogP contribution in [0.3, 0.4) is 0 Å². The molecular weight excluding hydrogens is 509 g/mol. The van der Waals surface area contributed by atoms with Gasteiger partial charge in [-0.2, -0.15) is 0 Å². The van der Waals surface area contributed by atoms with Crippen LogP contribution in [0.2, 0.25) is 0 Å². The Morgan fingerprint density at radius 2 is 1.52 bits per heavy atom. The smallest absolute Gasteiger partial charge is 0.272 e. The largest absolute Gasteiger partial charge is 0.393 e. The number of anilines is 5. The van der Waals surface area contributed by atoms with E-state index in [0.717, 1.165) is 31.6 Å². The molecule has 1 aromatic heterocycles. The molecule has 0 unspecified atom stereocenters. The van der Waals surface area contributed by atoms with Crippen molar-refractivity contribution >= 4 is 40.3 Å². The number of carbonyl (C=O) groups is 2. The van der Waals surface area contributed by atoms with Crippen LogP contribution in [0, 0.1) is 5.82 Å². The first-order valence-corrected chi connectivity index (χ1v) is 13.4. The van der Waals surface area contributed by atoms with Gasteiger partial charge in [0.05, 0.1) is 11.8 Å². The van der Waals surface area contributed by atoms with Crippen LogP contribution in [0.5, 0.6) is 0 Å². The Morgan fingerprint density at radius 3 is 2.20 bits per heavy atom. The van der Waals surface area contributed by atoms with Gasteiger partial charge in [0, 0.05) is 54.1 Å². The van der Waals surface area contributed by atoms with Crippen molar-refractivity contribution in [3.63, 3.8) is 0 Å². The summed E-state index contributed by atoms with van der Waals surface area (Å²) in [6.07, 6.45) is 3.08. The molecule has 8 nitrogen and oxygen atoms in total. The number of nitrogens with one attached hydrogen (secondary N) is 3. The second kappa shape index (κ2) is 12.0. The molecule has 0 saturated carbocycles. The maximum absolute atomic E-state index is 14.9. The van der Waals surface area contributed by atoms with Gasteiger partial charge in [0.25, 0.3) is 11.8 Å². The molecule has 1 aliphatic heterocycles. The minimum atomic E-state index is -0.516. The fourth-order valence-corrected chi connectivity index (χ4v) is 4.73. The maximum Gasteiger partial charge on any atom is 0.272 e. The molecule has 1 fully saturated rings. The molecule has 3 aromatic carbocycles. The number of benzene rings is 3. The zero-order chi connectivity index (χ0) is 28.1. The first kappa shape index (κ1) is 27.0. The molecule has 2 amide bonds. The van der Waals surface area contributed by atoms with Crippen molar-refractivity contribution in [1.82, 2.24) is 4.57 Å². The molecule has 1 aliphatic rings. The van der Waals surface area contributed by atoms with Crippen molar-refractivity contribution in [3.05, 3.63) is 102 Å². The number of amides is 2. The van der Waals surface area contributed by atoms with E-state index in [0.29, 0.717) is 34.9 Å². The van der Waals surface area contributed by atoms with Crippen LogP contribution >= 0.6 is 0 Å². The van der Waals surface area contributed by atoms with Crippen molar-refractivity contribution in [1.29, 1.82) is 0 Å². The highest BCUT2D eigenvalue weighted by Crippen LogP contribution is 2.25. The van der Waals surface area contributed by atoms with Crippen LogP contribution in [0.25, 0.3) is 0 Å². The number of aliphatic hydroxyl groups is 1. The van der Waals surface area contributed by atoms with E-state index in [1.165, 1.54) is 6.07 Å². The Balaban J connectivity index is 1.16. The number of halogens is 1. The molecular formula is C31H32FN5O3. The number of nitrogens with zero attached hydrogens (tertiary/aromatic N) is 2. The van der Waals surface area contributed by atoms with Gasteiger partial charge in [-0.15, -0.1) is 0 Å². The van der Waals surface area contributed by atoms with Crippen molar-refractivity contribution in [2.75, 3.05) is 33.9 Å². The second-order valence-corrected chi connectivity index (χ2v) is 9.75. The quantitative estimate of drug-likeness (QED) is 0.224. The van der Waals surface area contributed by atoms with E-state index in [1.807, 2.05) is 35.9 Å². The van der Waals surface area contributed by atoms with Gasteiger partial charge in [-0.3, -0.25) is 9.59 Å². The average Bonchev–Trinajstić information content (AvgIpc) is 3.45. The van der Waals surface area contributed by atoms with Crippen LogP contribution < -0.4 is 20.9 Å². The summed E-state index contributed by atoms with van der Waals surface area (Å²) in [6.45, 7) is 4.23. The lowest BCUT2D eigenvalue weighted by Gasteiger charge is -2.31. The average molecular weight is 542 g/mol. The maximum atomic E-state index is 14.9. The first-order valence-electron chi connectivity index (χ1n) is 13.4. The summed E-state index contributed by atoms with van der Waals surface area (Å²) in [4.78, 5) is 27.4. The zero-order valence-electron chi connectivity index (χ0n) is 22.2. The molecule has 0 aliphatic carbocycles. The van der Waals surface area contributed by atoms with Gasteiger partial charge >= 0.3 is 0 Å². The SMILES string of the molecule is CCn1cccc1C(=O)Nc1ccc(Nc2ccc(NC(=O)c3ccc(N4CCC(O)CC4)cc3)cc2F)cc1. The van der Waals surface area contributed by atoms with Crippen molar-refractivity contribution in [3.8, 4) is 0 Å². The normalized spacial score (nSPS) is 13.6. The lowest BCUT2D eigenvalue weighted by molar-refractivity contribution is 0.101. The fraction of sp³-hybridized carbons (Fsp3) is 0.226. The molecule has 1 saturated heterocycles. The molecule has 206 valence electrons. The minimum absolute atomic E-state index is 0.199. The highest BCUT2D eigenvalue weighted by Gasteiger charge is 2.18. The lowest BCUT2D eigenvalue weighted by Crippen LogP contribution is -2.35. The molecule has 0 radical (unpaired) electrons. The summed E-state index contributed by atoms with van der Waals surface area (Å²) in [7, 11) is 0. The first-order chi connectivity index (χ1) is 19.4. The second-order valence-electron chi connectivity index (χ2n) is 9.75. The molecule has 0 bridgehead atoms.